The van der Waals surface area contributed by atoms with E-state index in [9.17, 15) is 4.79 Å². The number of likely N-dealkylation sites (N-methyl/N-ethyl adjacent to an activating group) is 1. The minimum Gasteiger partial charge on any atom is -0.305 e. The fraction of sp³-hybridized carbons (Fsp3) is 0.500. The summed E-state index contributed by atoms with van der Waals surface area (Å²) in [7, 11) is 4.18. The van der Waals surface area contributed by atoms with E-state index in [1.165, 1.54) is 0 Å². The Morgan fingerprint density at radius 2 is 2.06 bits per heavy atom. The molecule has 0 N–H and O–H groups in total. The Hall–Kier alpha value is -0.900. The summed E-state index contributed by atoms with van der Waals surface area (Å²) in [6.45, 7) is 2.49. The average molecular weight is 267 g/mol. The maximum absolute atomic E-state index is 12.1. The third kappa shape index (κ3) is 3.31. The summed E-state index contributed by atoms with van der Waals surface area (Å²) in [6, 6.07) is 7.69. The summed E-state index contributed by atoms with van der Waals surface area (Å²) in [4.78, 5) is 16.5. The molecular weight excluding hydrogens is 248 g/mol. The number of rotatable bonds is 4. The number of benzene rings is 1. The van der Waals surface area contributed by atoms with Crippen molar-refractivity contribution < 1.29 is 4.79 Å². The molecule has 1 fully saturated rings. The van der Waals surface area contributed by atoms with E-state index in [1.54, 1.807) is 24.3 Å². The lowest BCUT2D eigenvalue weighted by Crippen LogP contribution is -2.33. The molecule has 18 heavy (non-hydrogen) atoms. The SMILES string of the molecule is CN(C)C1CCN(CC(=O)c2ccc(Cl)cc2)C1. The lowest BCUT2D eigenvalue weighted by atomic mass is 10.1. The number of hydrogen-bond acceptors (Lipinski definition) is 3. The third-order valence-corrected chi connectivity index (χ3v) is 3.76. The smallest absolute Gasteiger partial charge is 0.176 e. The van der Waals surface area contributed by atoms with Crippen LogP contribution in [0.5, 0.6) is 0 Å². The van der Waals surface area contributed by atoms with Crippen molar-refractivity contribution in [2.75, 3.05) is 33.7 Å². The van der Waals surface area contributed by atoms with E-state index < -0.39 is 0 Å². The number of halogens is 1. The quantitative estimate of drug-likeness (QED) is 0.781. The van der Waals surface area contributed by atoms with Gasteiger partial charge < -0.3 is 4.90 Å². The van der Waals surface area contributed by atoms with Crippen LogP contribution in [-0.4, -0.2) is 55.4 Å². The second kappa shape index (κ2) is 5.83. The van der Waals surface area contributed by atoms with Gasteiger partial charge in [0, 0.05) is 29.7 Å². The van der Waals surface area contributed by atoms with Crippen LogP contribution in [0.2, 0.25) is 5.02 Å². The fourth-order valence-corrected chi connectivity index (χ4v) is 2.43. The summed E-state index contributed by atoms with van der Waals surface area (Å²) in [5, 5.41) is 0.667. The zero-order valence-corrected chi connectivity index (χ0v) is 11.7. The van der Waals surface area contributed by atoms with Gasteiger partial charge in [0.05, 0.1) is 6.54 Å². The van der Waals surface area contributed by atoms with Crippen molar-refractivity contribution in [3.8, 4) is 0 Å². The molecule has 0 aromatic heterocycles. The Morgan fingerprint density at radius 3 is 2.61 bits per heavy atom. The van der Waals surface area contributed by atoms with Crippen molar-refractivity contribution in [3.05, 3.63) is 34.9 Å². The van der Waals surface area contributed by atoms with E-state index in [0.29, 0.717) is 17.6 Å². The molecule has 0 aliphatic carbocycles. The molecular formula is C14H19ClN2O. The van der Waals surface area contributed by atoms with Crippen LogP contribution < -0.4 is 0 Å². The number of carbonyl (C=O) groups is 1. The van der Waals surface area contributed by atoms with E-state index >= 15 is 0 Å². The topological polar surface area (TPSA) is 23.6 Å². The van der Waals surface area contributed by atoms with Gasteiger partial charge in [-0.3, -0.25) is 9.69 Å². The van der Waals surface area contributed by atoms with Crippen LogP contribution in [0.25, 0.3) is 0 Å². The van der Waals surface area contributed by atoms with Crippen molar-refractivity contribution >= 4 is 17.4 Å². The molecule has 2 rings (SSSR count). The molecule has 0 amide bonds. The molecule has 1 aromatic carbocycles. The highest BCUT2D eigenvalue weighted by atomic mass is 35.5. The molecule has 0 saturated carbocycles. The van der Waals surface area contributed by atoms with E-state index in [4.69, 9.17) is 11.6 Å². The molecule has 4 heteroatoms. The van der Waals surface area contributed by atoms with Crippen molar-refractivity contribution in [2.24, 2.45) is 0 Å². The number of nitrogens with zero attached hydrogens (tertiary/aromatic N) is 2. The molecule has 1 unspecified atom stereocenters. The van der Waals surface area contributed by atoms with Gasteiger partial charge in [0.1, 0.15) is 0 Å². The van der Waals surface area contributed by atoms with Gasteiger partial charge >= 0.3 is 0 Å². The van der Waals surface area contributed by atoms with E-state index in [0.717, 1.165) is 25.1 Å². The number of ketones is 1. The highest BCUT2D eigenvalue weighted by molar-refractivity contribution is 6.30. The molecule has 3 nitrogen and oxygen atoms in total. The lowest BCUT2D eigenvalue weighted by Gasteiger charge is -2.19. The monoisotopic (exact) mass is 266 g/mol. The van der Waals surface area contributed by atoms with Crippen LogP contribution in [0.15, 0.2) is 24.3 Å². The normalized spacial score (nSPS) is 20.6. The van der Waals surface area contributed by atoms with Crippen molar-refractivity contribution in [1.29, 1.82) is 0 Å². The van der Waals surface area contributed by atoms with Gasteiger partial charge in [-0.15, -0.1) is 0 Å². The van der Waals surface area contributed by atoms with Crippen LogP contribution in [0.3, 0.4) is 0 Å². The van der Waals surface area contributed by atoms with Crippen LogP contribution in [-0.2, 0) is 0 Å². The van der Waals surface area contributed by atoms with E-state index in [-0.39, 0.29) is 5.78 Å². The summed E-state index contributed by atoms with van der Waals surface area (Å²) in [5.74, 6) is 0.172. The molecule has 1 saturated heterocycles. The second-order valence-electron chi connectivity index (χ2n) is 5.07. The van der Waals surface area contributed by atoms with E-state index in [1.807, 2.05) is 0 Å². The first kappa shape index (κ1) is 13.5. The number of hydrogen-bond donors (Lipinski definition) is 0. The molecule has 1 aliphatic rings. The minimum absolute atomic E-state index is 0.172. The fourth-order valence-electron chi connectivity index (χ4n) is 2.31. The zero-order valence-electron chi connectivity index (χ0n) is 10.9. The third-order valence-electron chi connectivity index (χ3n) is 3.51. The van der Waals surface area contributed by atoms with Crippen molar-refractivity contribution in [1.82, 2.24) is 9.80 Å². The Morgan fingerprint density at radius 1 is 1.39 bits per heavy atom. The Kier molecular flexibility index (Phi) is 4.38. The van der Waals surface area contributed by atoms with Crippen molar-refractivity contribution in [2.45, 2.75) is 12.5 Å². The number of Topliss-reactive ketones (excluding diaryl/α,β-unsaturated/α-hetero) is 1. The number of likely N-dealkylation sites (tertiary alicyclic amines) is 1. The Labute approximate surface area is 113 Å². The predicted molar refractivity (Wildman–Crippen MR) is 74.3 cm³/mol. The van der Waals surface area contributed by atoms with Gasteiger partial charge in [0.25, 0.3) is 0 Å². The first-order chi connectivity index (χ1) is 8.56. The van der Waals surface area contributed by atoms with Gasteiger partial charge in [0.2, 0.25) is 0 Å². The highest BCUT2D eigenvalue weighted by Crippen LogP contribution is 2.15. The Bertz CT molecular complexity index is 416. The van der Waals surface area contributed by atoms with Crippen LogP contribution in [0, 0.1) is 0 Å². The summed E-state index contributed by atoms with van der Waals surface area (Å²) >= 11 is 5.81. The molecule has 0 spiro atoms. The maximum Gasteiger partial charge on any atom is 0.176 e. The lowest BCUT2D eigenvalue weighted by molar-refractivity contribution is 0.0941. The van der Waals surface area contributed by atoms with Gasteiger partial charge in [-0.2, -0.15) is 0 Å². The molecule has 0 radical (unpaired) electrons. The maximum atomic E-state index is 12.1. The van der Waals surface area contributed by atoms with Crippen LogP contribution in [0.4, 0.5) is 0 Å². The number of carbonyl (C=O) groups excluding carboxylic acids is 1. The minimum atomic E-state index is 0.172. The highest BCUT2D eigenvalue weighted by Gasteiger charge is 2.25. The first-order valence-electron chi connectivity index (χ1n) is 6.24. The second-order valence-corrected chi connectivity index (χ2v) is 5.51. The van der Waals surface area contributed by atoms with Crippen LogP contribution in [0.1, 0.15) is 16.8 Å². The first-order valence-corrected chi connectivity index (χ1v) is 6.61. The van der Waals surface area contributed by atoms with Crippen molar-refractivity contribution in [3.63, 3.8) is 0 Å². The molecule has 98 valence electrons. The molecule has 1 aliphatic heterocycles. The summed E-state index contributed by atoms with van der Waals surface area (Å²) in [5.41, 5.74) is 0.743. The van der Waals surface area contributed by atoms with Gasteiger partial charge in [-0.1, -0.05) is 11.6 Å². The molecule has 0 bridgehead atoms. The van der Waals surface area contributed by atoms with Gasteiger partial charge in [-0.05, 0) is 44.8 Å². The van der Waals surface area contributed by atoms with Crippen LogP contribution >= 0.6 is 11.6 Å². The molecule has 1 atom stereocenters. The Balaban J connectivity index is 1.91. The standard InChI is InChI=1S/C14H19ClN2O/c1-16(2)13-7-8-17(9-13)10-14(18)11-3-5-12(15)6-4-11/h3-6,13H,7-10H2,1-2H3. The average Bonchev–Trinajstić information content (AvgIpc) is 2.78. The largest absolute Gasteiger partial charge is 0.305 e. The zero-order chi connectivity index (χ0) is 13.1. The summed E-state index contributed by atoms with van der Waals surface area (Å²) in [6.07, 6.45) is 1.14. The molecule has 1 heterocycles. The van der Waals surface area contributed by atoms with E-state index in [2.05, 4.69) is 23.9 Å². The van der Waals surface area contributed by atoms with Gasteiger partial charge in [-0.25, -0.2) is 0 Å². The van der Waals surface area contributed by atoms with Gasteiger partial charge in [0.15, 0.2) is 5.78 Å². The summed E-state index contributed by atoms with van der Waals surface area (Å²) < 4.78 is 0. The predicted octanol–water partition coefficient (Wildman–Crippen LogP) is 2.16. The molecule has 1 aromatic rings.